The number of rotatable bonds is 4. The number of methoxy groups -OCH3 is 1. The summed E-state index contributed by atoms with van der Waals surface area (Å²) in [4.78, 5) is 28.6. The third-order valence-corrected chi connectivity index (χ3v) is 6.12. The molecule has 1 aliphatic heterocycles. The number of carbonyl (C=O) groups is 2. The van der Waals surface area contributed by atoms with Crippen molar-refractivity contribution in [1.29, 1.82) is 0 Å². The summed E-state index contributed by atoms with van der Waals surface area (Å²) in [5.41, 5.74) is 0. The van der Waals surface area contributed by atoms with Gasteiger partial charge in [-0.15, -0.1) is 0 Å². The molecule has 0 bridgehead atoms. The average molecular weight is 354 g/mol. The molecule has 3 unspecified atom stereocenters. The lowest BCUT2D eigenvalue weighted by Gasteiger charge is -2.53. The van der Waals surface area contributed by atoms with E-state index in [-0.39, 0.29) is 30.3 Å². The molecule has 0 N–H and O–H groups in total. The smallest absolute Gasteiger partial charge is 0.410 e. The summed E-state index contributed by atoms with van der Waals surface area (Å²) in [6.45, 7) is 9.17. The normalized spacial score (nSPS) is 29.4. The third-order valence-electron chi connectivity index (χ3n) is 6.12. The molecule has 2 amide bonds. The van der Waals surface area contributed by atoms with E-state index in [2.05, 4.69) is 13.8 Å². The Balaban J connectivity index is 2.26. The largest absolute Gasteiger partial charge is 0.453 e. The van der Waals surface area contributed by atoms with Gasteiger partial charge in [0.15, 0.2) is 0 Å². The van der Waals surface area contributed by atoms with Gasteiger partial charge in [-0.1, -0.05) is 26.7 Å². The van der Waals surface area contributed by atoms with Gasteiger partial charge in [0.05, 0.1) is 31.8 Å². The first-order valence-corrected chi connectivity index (χ1v) is 9.77. The highest BCUT2D eigenvalue weighted by molar-refractivity contribution is 5.71. The summed E-state index contributed by atoms with van der Waals surface area (Å²) < 4.78 is 10.3. The Morgan fingerprint density at radius 3 is 2.32 bits per heavy atom. The van der Waals surface area contributed by atoms with E-state index in [9.17, 15) is 9.59 Å². The molecular weight excluding hydrogens is 320 g/mol. The van der Waals surface area contributed by atoms with Crippen molar-refractivity contribution in [3.63, 3.8) is 0 Å². The van der Waals surface area contributed by atoms with Gasteiger partial charge in [-0.2, -0.15) is 0 Å². The minimum absolute atomic E-state index is 0.0196. The van der Waals surface area contributed by atoms with Crippen LogP contribution in [0.5, 0.6) is 0 Å². The fourth-order valence-electron chi connectivity index (χ4n) is 4.88. The Kier molecular flexibility index (Phi) is 6.96. The molecule has 4 atom stereocenters. The van der Waals surface area contributed by atoms with E-state index >= 15 is 0 Å². The Morgan fingerprint density at radius 2 is 1.76 bits per heavy atom. The Labute approximate surface area is 151 Å². The van der Waals surface area contributed by atoms with Crippen molar-refractivity contribution in [2.45, 2.75) is 77.9 Å². The first-order valence-electron chi connectivity index (χ1n) is 9.77. The van der Waals surface area contributed by atoms with Crippen LogP contribution in [0, 0.1) is 11.8 Å². The lowest BCUT2D eigenvalue weighted by molar-refractivity contribution is -0.0411. The number of piperazine rings is 1. The molecule has 1 saturated heterocycles. The van der Waals surface area contributed by atoms with Crippen LogP contribution in [0.15, 0.2) is 0 Å². The summed E-state index contributed by atoms with van der Waals surface area (Å²) >= 11 is 0. The monoisotopic (exact) mass is 354 g/mol. The first-order chi connectivity index (χ1) is 12.0. The van der Waals surface area contributed by atoms with Crippen LogP contribution >= 0.6 is 0 Å². The van der Waals surface area contributed by atoms with Crippen molar-refractivity contribution < 1.29 is 19.1 Å². The van der Waals surface area contributed by atoms with Gasteiger partial charge in [0, 0.05) is 6.54 Å². The van der Waals surface area contributed by atoms with Crippen LogP contribution in [0.1, 0.15) is 59.8 Å². The van der Waals surface area contributed by atoms with Gasteiger partial charge in [0.25, 0.3) is 0 Å². The van der Waals surface area contributed by atoms with E-state index in [1.807, 2.05) is 23.6 Å². The summed E-state index contributed by atoms with van der Waals surface area (Å²) in [6, 6.07) is -0.0253. The number of hydrogen-bond acceptors (Lipinski definition) is 4. The number of ether oxygens (including phenoxy) is 2. The number of hydrogen-bond donors (Lipinski definition) is 0. The molecule has 2 rings (SSSR count). The number of fused-ring (bicyclic) bond motifs is 1. The molecule has 0 spiro atoms. The molecule has 6 heteroatoms. The third kappa shape index (κ3) is 4.04. The molecule has 0 radical (unpaired) electrons. The zero-order valence-corrected chi connectivity index (χ0v) is 16.4. The lowest BCUT2D eigenvalue weighted by atomic mass is 9.72. The van der Waals surface area contributed by atoms with Crippen molar-refractivity contribution in [1.82, 2.24) is 9.80 Å². The first kappa shape index (κ1) is 19.9. The molecular formula is C19H34N2O4. The minimum atomic E-state index is -0.285. The summed E-state index contributed by atoms with van der Waals surface area (Å²) in [5, 5.41) is 0. The summed E-state index contributed by atoms with van der Waals surface area (Å²) in [7, 11) is 1.43. The minimum Gasteiger partial charge on any atom is -0.453 e. The maximum atomic E-state index is 12.5. The number of amides is 2. The zero-order valence-electron chi connectivity index (χ0n) is 16.4. The lowest BCUT2D eigenvalue weighted by Crippen LogP contribution is -2.67. The van der Waals surface area contributed by atoms with Crippen LogP contribution < -0.4 is 0 Å². The highest BCUT2D eigenvalue weighted by atomic mass is 16.6. The van der Waals surface area contributed by atoms with Crippen molar-refractivity contribution in [2.24, 2.45) is 11.8 Å². The topological polar surface area (TPSA) is 59.1 Å². The molecule has 144 valence electrons. The van der Waals surface area contributed by atoms with E-state index in [1.165, 1.54) is 7.11 Å². The average Bonchev–Trinajstić information content (AvgIpc) is 2.61. The number of nitrogens with zero attached hydrogens (tertiary/aromatic N) is 2. The molecule has 2 fully saturated rings. The molecule has 1 saturated carbocycles. The van der Waals surface area contributed by atoms with Crippen molar-refractivity contribution in [3.8, 4) is 0 Å². The van der Waals surface area contributed by atoms with Gasteiger partial charge in [0.2, 0.25) is 0 Å². The highest BCUT2D eigenvalue weighted by Gasteiger charge is 2.48. The molecule has 25 heavy (non-hydrogen) atoms. The number of carbonyl (C=O) groups excluding carboxylic acids is 2. The Bertz CT molecular complexity index is 466. The fourth-order valence-corrected chi connectivity index (χ4v) is 4.88. The Morgan fingerprint density at radius 1 is 1.08 bits per heavy atom. The van der Waals surface area contributed by atoms with Gasteiger partial charge in [-0.05, 0) is 44.9 Å². The van der Waals surface area contributed by atoms with E-state index in [0.717, 1.165) is 32.1 Å². The van der Waals surface area contributed by atoms with E-state index in [4.69, 9.17) is 9.47 Å². The predicted molar refractivity (Wildman–Crippen MR) is 96.4 cm³/mol. The predicted octanol–water partition coefficient (Wildman–Crippen LogP) is 3.89. The van der Waals surface area contributed by atoms with Crippen LogP contribution in [0.25, 0.3) is 0 Å². The standard InChI is InChI=1S/C19H34N2O4/c1-6-14(7-2)15-9-10-16-17(11-15)20(18(22)25-8-3)12-13(4)21(16)19(23)24-5/h13-17H,6-12H2,1-5H3/t13-,15?,16?,17?/m0/s1. The zero-order chi connectivity index (χ0) is 18.6. The quantitative estimate of drug-likeness (QED) is 0.768. The van der Waals surface area contributed by atoms with E-state index in [1.54, 1.807) is 0 Å². The van der Waals surface area contributed by atoms with Gasteiger partial charge in [-0.25, -0.2) is 9.59 Å². The molecule has 1 heterocycles. The van der Waals surface area contributed by atoms with Gasteiger partial charge >= 0.3 is 12.2 Å². The SMILES string of the molecule is CCOC(=O)N1C[C@H](C)N(C(=O)OC)C2CCC(C(CC)CC)CC21. The van der Waals surface area contributed by atoms with Crippen molar-refractivity contribution in [3.05, 3.63) is 0 Å². The van der Waals surface area contributed by atoms with E-state index < -0.39 is 0 Å². The van der Waals surface area contributed by atoms with Crippen LogP contribution in [-0.2, 0) is 9.47 Å². The van der Waals surface area contributed by atoms with Crippen molar-refractivity contribution in [2.75, 3.05) is 20.3 Å². The maximum Gasteiger partial charge on any atom is 0.410 e. The van der Waals surface area contributed by atoms with Gasteiger partial charge in [0.1, 0.15) is 0 Å². The molecule has 0 aromatic heterocycles. The second kappa shape index (κ2) is 8.77. The molecule has 0 aromatic carbocycles. The fraction of sp³-hybridized carbons (Fsp3) is 0.895. The molecule has 2 aliphatic rings. The van der Waals surface area contributed by atoms with Crippen LogP contribution in [0.2, 0.25) is 0 Å². The highest BCUT2D eigenvalue weighted by Crippen LogP contribution is 2.40. The molecule has 1 aliphatic carbocycles. The van der Waals surface area contributed by atoms with Crippen LogP contribution in [-0.4, -0.2) is 60.4 Å². The molecule has 6 nitrogen and oxygen atoms in total. The molecule has 0 aromatic rings. The summed E-state index contributed by atoms with van der Waals surface area (Å²) in [6.07, 6.45) is 4.75. The van der Waals surface area contributed by atoms with Crippen LogP contribution in [0.4, 0.5) is 9.59 Å². The van der Waals surface area contributed by atoms with E-state index in [0.29, 0.717) is 25.0 Å². The Hall–Kier alpha value is -1.46. The summed E-state index contributed by atoms with van der Waals surface area (Å²) in [5.74, 6) is 1.28. The second-order valence-corrected chi connectivity index (χ2v) is 7.36. The second-order valence-electron chi connectivity index (χ2n) is 7.36. The maximum absolute atomic E-state index is 12.5. The van der Waals surface area contributed by atoms with Gasteiger partial charge < -0.3 is 14.4 Å². The van der Waals surface area contributed by atoms with Crippen molar-refractivity contribution >= 4 is 12.2 Å². The van der Waals surface area contributed by atoms with Crippen LogP contribution in [0.3, 0.4) is 0 Å². The van der Waals surface area contributed by atoms with Gasteiger partial charge in [-0.3, -0.25) is 4.90 Å².